The quantitative estimate of drug-likeness (QED) is 0.625. The van der Waals surface area contributed by atoms with Gasteiger partial charge in [-0.05, 0) is 31.3 Å². The highest BCUT2D eigenvalue weighted by Crippen LogP contribution is 2.28. The van der Waals surface area contributed by atoms with Crippen LogP contribution in [0.1, 0.15) is 30.0 Å². The van der Waals surface area contributed by atoms with E-state index in [0.717, 1.165) is 30.1 Å². The van der Waals surface area contributed by atoms with Gasteiger partial charge in [-0.2, -0.15) is 0 Å². The first-order valence-electron chi connectivity index (χ1n) is 10.1. The molecule has 9 heteroatoms. The van der Waals surface area contributed by atoms with Gasteiger partial charge in [-0.15, -0.1) is 11.3 Å². The van der Waals surface area contributed by atoms with Crippen molar-refractivity contribution in [2.24, 2.45) is 0 Å². The van der Waals surface area contributed by atoms with E-state index in [1.54, 1.807) is 17.5 Å². The number of imidazole rings is 1. The monoisotopic (exact) mass is 416 g/mol. The first-order valence-corrected chi connectivity index (χ1v) is 11.0. The van der Waals surface area contributed by atoms with Crippen molar-refractivity contribution in [2.45, 2.75) is 50.5 Å². The third-order valence-corrected chi connectivity index (χ3v) is 6.88. The van der Waals surface area contributed by atoms with Crippen molar-refractivity contribution in [3.63, 3.8) is 0 Å². The number of nitrogens with one attached hydrogen (secondary N) is 3. The molecule has 0 spiro atoms. The van der Waals surface area contributed by atoms with Gasteiger partial charge in [-0.25, -0.2) is 4.98 Å². The first kappa shape index (κ1) is 20.1. The third-order valence-electron chi connectivity index (χ3n) is 6.00. The number of H-pyrrole nitrogens is 1. The Kier molecular flexibility index (Phi) is 6.27. The Morgan fingerprint density at radius 2 is 2.34 bits per heavy atom. The Morgan fingerprint density at radius 1 is 1.45 bits per heavy atom. The van der Waals surface area contributed by atoms with E-state index in [-0.39, 0.29) is 29.9 Å². The maximum Gasteiger partial charge on any atom is 0.239 e. The van der Waals surface area contributed by atoms with Crippen molar-refractivity contribution in [1.82, 2.24) is 30.4 Å². The third kappa shape index (κ3) is 4.68. The molecular weight excluding hydrogens is 388 g/mol. The van der Waals surface area contributed by atoms with E-state index in [1.807, 2.05) is 23.7 Å². The molecule has 0 radical (unpaired) electrons. The van der Waals surface area contributed by atoms with E-state index in [0.29, 0.717) is 26.1 Å². The number of fused-ring (bicyclic) bond motifs is 1. The topological polar surface area (TPSA) is 93.4 Å². The molecule has 0 saturated carbocycles. The minimum absolute atomic E-state index is 0.0600. The molecule has 2 fully saturated rings. The number of hydrogen-bond donors (Lipinski definition) is 3. The summed E-state index contributed by atoms with van der Waals surface area (Å²) in [6.45, 7) is 2.67. The smallest absolute Gasteiger partial charge is 0.239 e. The molecule has 2 aliphatic rings. The Balaban J connectivity index is 1.32. The van der Waals surface area contributed by atoms with Gasteiger partial charge in [0.05, 0.1) is 13.1 Å². The Morgan fingerprint density at radius 3 is 3.10 bits per heavy atom. The van der Waals surface area contributed by atoms with Crippen molar-refractivity contribution in [3.8, 4) is 0 Å². The lowest BCUT2D eigenvalue weighted by molar-refractivity contribution is -0.126. The molecule has 0 unspecified atom stereocenters. The molecule has 3 atom stereocenters. The average molecular weight is 417 g/mol. The van der Waals surface area contributed by atoms with Crippen LogP contribution in [-0.4, -0.2) is 69.8 Å². The van der Waals surface area contributed by atoms with Crippen LogP contribution in [0.2, 0.25) is 0 Å². The van der Waals surface area contributed by atoms with Crippen molar-refractivity contribution < 1.29 is 9.59 Å². The molecule has 29 heavy (non-hydrogen) atoms. The number of thiophene rings is 1. The van der Waals surface area contributed by atoms with E-state index in [2.05, 4.69) is 37.4 Å². The SMILES string of the molecule is CN1[C@@H](CCC(=O)NCc2cccs2)CNC(=O)[C@@H]2[C@H]1CCN2Cc1ncc[nH]1. The number of likely N-dealkylation sites (tertiary alicyclic amines) is 1. The summed E-state index contributed by atoms with van der Waals surface area (Å²) in [5.41, 5.74) is 0. The van der Waals surface area contributed by atoms with Crippen molar-refractivity contribution in [2.75, 3.05) is 20.1 Å². The van der Waals surface area contributed by atoms with Crippen molar-refractivity contribution >= 4 is 23.2 Å². The summed E-state index contributed by atoms with van der Waals surface area (Å²) in [7, 11) is 2.09. The van der Waals surface area contributed by atoms with Crippen LogP contribution in [0.15, 0.2) is 29.9 Å². The number of aromatic nitrogens is 2. The van der Waals surface area contributed by atoms with E-state index < -0.39 is 0 Å². The number of amides is 2. The summed E-state index contributed by atoms with van der Waals surface area (Å²) in [6.07, 6.45) is 5.68. The van der Waals surface area contributed by atoms with E-state index in [4.69, 9.17) is 0 Å². The number of nitrogens with zero attached hydrogens (tertiary/aromatic N) is 3. The predicted molar refractivity (Wildman–Crippen MR) is 111 cm³/mol. The van der Waals surface area contributed by atoms with Crippen LogP contribution in [0, 0.1) is 0 Å². The molecule has 0 bridgehead atoms. The van der Waals surface area contributed by atoms with E-state index >= 15 is 0 Å². The van der Waals surface area contributed by atoms with Gasteiger partial charge in [0.2, 0.25) is 11.8 Å². The summed E-state index contributed by atoms with van der Waals surface area (Å²) in [5.74, 6) is 1.02. The van der Waals surface area contributed by atoms with Crippen LogP contribution >= 0.6 is 11.3 Å². The maximum absolute atomic E-state index is 12.8. The summed E-state index contributed by atoms with van der Waals surface area (Å²) in [4.78, 5) is 38.2. The van der Waals surface area contributed by atoms with Crippen LogP contribution in [0.5, 0.6) is 0 Å². The average Bonchev–Trinajstić information content (AvgIpc) is 3.47. The fourth-order valence-corrected chi connectivity index (χ4v) is 5.03. The Labute approximate surface area is 174 Å². The Hall–Kier alpha value is -2.23. The number of carbonyl (C=O) groups is 2. The number of likely N-dealkylation sites (N-methyl/N-ethyl adjacent to an activating group) is 1. The molecule has 2 aliphatic heterocycles. The largest absolute Gasteiger partial charge is 0.353 e. The van der Waals surface area contributed by atoms with Gasteiger partial charge >= 0.3 is 0 Å². The number of rotatable bonds is 7. The summed E-state index contributed by atoms with van der Waals surface area (Å²) < 4.78 is 0. The zero-order valence-corrected chi connectivity index (χ0v) is 17.5. The van der Waals surface area contributed by atoms with E-state index in [9.17, 15) is 9.59 Å². The van der Waals surface area contributed by atoms with Crippen LogP contribution in [0.4, 0.5) is 0 Å². The normalized spacial score (nSPS) is 25.4. The molecule has 2 aromatic rings. The van der Waals surface area contributed by atoms with Gasteiger partial charge in [0.15, 0.2) is 0 Å². The zero-order chi connectivity index (χ0) is 20.2. The maximum atomic E-state index is 12.8. The molecule has 0 aliphatic carbocycles. The van der Waals surface area contributed by atoms with Crippen LogP contribution in [0.3, 0.4) is 0 Å². The number of hydrogen-bond acceptors (Lipinski definition) is 6. The molecule has 156 valence electrons. The predicted octanol–water partition coefficient (Wildman–Crippen LogP) is 0.941. The first-order chi connectivity index (χ1) is 14.1. The molecule has 4 heterocycles. The highest BCUT2D eigenvalue weighted by atomic mass is 32.1. The minimum Gasteiger partial charge on any atom is -0.353 e. The fraction of sp³-hybridized carbons (Fsp3) is 0.550. The zero-order valence-electron chi connectivity index (χ0n) is 16.6. The van der Waals surface area contributed by atoms with Gasteiger partial charge in [0, 0.05) is 48.9 Å². The summed E-state index contributed by atoms with van der Waals surface area (Å²) >= 11 is 1.64. The molecule has 0 aromatic carbocycles. The van der Waals surface area contributed by atoms with Gasteiger partial charge in [0.1, 0.15) is 11.9 Å². The van der Waals surface area contributed by atoms with Crippen molar-refractivity contribution in [1.29, 1.82) is 0 Å². The highest BCUT2D eigenvalue weighted by Gasteiger charge is 2.45. The molecule has 3 N–H and O–H groups in total. The lowest BCUT2D eigenvalue weighted by Crippen LogP contribution is -2.49. The summed E-state index contributed by atoms with van der Waals surface area (Å²) in [6, 6.07) is 4.15. The molecule has 4 rings (SSSR count). The molecule has 2 amide bonds. The van der Waals surface area contributed by atoms with Gasteiger partial charge in [-0.1, -0.05) is 6.07 Å². The highest BCUT2D eigenvalue weighted by molar-refractivity contribution is 7.09. The summed E-state index contributed by atoms with van der Waals surface area (Å²) in [5, 5.41) is 8.10. The molecule has 2 aromatic heterocycles. The van der Waals surface area contributed by atoms with Crippen LogP contribution < -0.4 is 10.6 Å². The standard InChI is InChI=1S/C20H28N6O2S/c1-25-14(4-5-18(27)23-12-15-3-2-10-29-15)11-24-20(28)19-16(25)6-9-26(19)13-17-21-7-8-22-17/h2-3,7-8,10,14,16,19H,4-6,9,11-13H2,1H3,(H,21,22)(H,23,27)(H,24,28)/t14-,16+,19-/m0/s1. The molecule has 2 saturated heterocycles. The second-order valence-electron chi connectivity index (χ2n) is 7.77. The van der Waals surface area contributed by atoms with Gasteiger partial charge < -0.3 is 15.6 Å². The number of aromatic amines is 1. The number of carbonyl (C=O) groups excluding carboxylic acids is 2. The molecule has 8 nitrogen and oxygen atoms in total. The van der Waals surface area contributed by atoms with Crippen molar-refractivity contribution in [3.05, 3.63) is 40.6 Å². The Bertz CT molecular complexity index is 809. The second kappa shape index (κ2) is 9.06. The van der Waals surface area contributed by atoms with Crippen LogP contribution in [-0.2, 0) is 22.7 Å². The van der Waals surface area contributed by atoms with E-state index in [1.165, 1.54) is 0 Å². The van der Waals surface area contributed by atoms with Gasteiger partial charge in [0.25, 0.3) is 0 Å². The lowest BCUT2D eigenvalue weighted by Gasteiger charge is -2.33. The van der Waals surface area contributed by atoms with Gasteiger partial charge in [-0.3, -0.25) is 19.4 Å². The van der Waals surface area contributed by atoms with Crippen LogP contribution in [0.25, 0.3) is 0 Å². The fourth-order valence-electron chi connectivity index (χ4n) is 4.39. The molecular formula is C20H28N6O2S. The second-order valence-corrected chi connectivity index (χ2v) is 8.80. The lowest BCUT2D eigenvalue weighted by atomic mass is 10.0. The minimum atomic E-state index is -0.178.